The van der Waals surface area contributed by atoms with E-state index in [4.69, 9.17) is 26.4 Å². The van der Waals surface area contributed by atoms with Crippen LogP contribution in [0.1, 0.15) is 28.4 Å². The van der Waals surface area contributed by atoms with E-state index in [0.29, 0.717) is 35.1 Å². The molecule has 0 radical (unpaired) electrons. The van der Waals surface area contributed by atoms with Crippen LogP contribution in [-0.4, -0.2) is 41.8 Å². The van der Waals surface area contributed by atoms with Gasteiger partial charge in [0.25, 0.3) is 5.56 Å². The molecule has 0 atom stereocenters. The lowest BCUT2D eigenvalue weighted by Crippen LogP contribution is -2.36. The van der Waals surface area contributed by atoms with E-state index >= 15 is 0 Å². The molecule has 4 aromatic rings. The lowest BCUT2D eigenvalue weighted by Gasteiger charge is -2.26. The number of hydrogen-bond donors (Lipinski definition) is 2. The highest BCUT2D eigenvalue weighted by Gasteiger charge is 2.18. The van der Waals surface area contributed by atoms with Gasteiger partial charge in [0.1, 0.15) is 11.5 Å². The van der Waals surface area contributed by atoms with Crippen LogP contribution in [0.2, 0.25) is 0 Å². The van der Waals surface area contributed by atoms with Crippen LogP contribution in [-0.2, 0) is 17.8 Å². The number of pyridine rings is 1. The number of para-hydroxylation sites is 1. The smallest absolute Gasteiger partial charge is 0.339 e. The third kappa shape index (κ3) is 6.30. The van der Waals surface area contributed by atoms with Crippen molar-refractivity contribution in [2.24, 2.45) is 0 Å². The number of hydrogen-bond acceptors (Lipinski definition) is 6. The number of anilines is 1. The van der Waals surface area contributed by atoms with Crippen molar-refractivity contribution < 1.29 is 19.0 Å². The van der Waals surface area contributed by atoms with E-state index < -0.39 is 5.97 Å². The molecule has 2 N–H and O–H groups in total. The summed E-state index contributed by atoms with van der Waals surface area (Å²) in [6.07, 6.45) is 0. The number of nitrogens with zero attached hydrogens (tertiary/aromatic N) is 1. The van der Waals surface area contributed by atoms with Crippen molar-refractivity contribution in [2.45, 2.75) is 20.0 Å². The average molecular weight is 532 g/mol. The van der Waals surface area contributed by atoms with Gasteiger partial charge in [-0.3, -0.25) is 4.79 Å². The van der Waals surface area contributed by atoms with Crippen molar-refractivity contribution in [1.82, 2.24) is 9.88 Å². The molecule has 0 aliphatic carbocycles. The fourth-order valence-corrected chi connectivity index (χ4v) is 4.27. The molecule has 0 fully saturated rings. The van der Waals surface area contributed by atoms with Crippen molar-refractivity contribution in [1.29, 1.82) is 0 Å². The van der Waals surface area contributed by atoms with E-state index in [1.165, 1.54) is 7.11 Å². The molecule has 0 unspecified atom stereocenters. The Balaban J connectivity index is 1.68. The molecule has 0 aliphatic heterocycles. The topological polar surface area (TPSA) is 92.9 Å². The zero-order valence-corrected chi connectivity index (χ0v) is 22.3. The second-order valence-electron chi connectivity index (χ2n) is 8.48. The summed E-state index contributed by atoms with van der Waals surface area (Å²) in [6, 6.07) is 22.0. The Kier molecular flexibility index (Phi) is 8.60. The zero-order valence-electron chi connectivity index (χ0n) is 21.4. The normalized spacial score (nSPS) is 10.6. The molecule has 0 bridgehead atoms. The highest BCUT2D eigenvalue weighted by Crippen LogP contribution is 2.22. The van der Waals surface area contributed by atoms with Gasteiger partial charge in [0.05, 0.1) is 38.6 Å². The van der Waals surface area contributed by atoms with Gasteiger partial charge < -0.3 is 29.4 Å². The number of rotatable bonds is 9. The van der Waals surface area contributed by atoms with Gasteiger partial charge in [0.15, 0.2) is 5.11 Å². The number of esters is 1. The SMILES string of the molecule is CCOc1ccc2[nH]c(=O)c(CN(Cc3ccc(OC)cc3)C(=S)Nc3ccccc3C(=O)OC)cc2c1. The van der Waals surface area contributed by atoms with Crippen LogP contribution in [0.5, 0.6) is 11.5 Å². The molecule has 8 nitrogen and oxygen atoms in total. The van der Waals surface area contributed by atoms with Crippen LogP contribution < -0.4 is 20.3 Å². The molecule has 3 aromatic carbocycles. The first-order valence-electron chi connectivity index (χ1n) is 12.1. The molecule has 0 spiro atoms. The van der Waals surface area contributed by atoms with E-state index in [1.54, 1.807) is 31.4 Å². The molecule has 9 heteroatoms. The molecule has 1 heterocycles. The fraction of sp³-hybridized carbons (Fsp3) is 0.207. The summed E-state index contributed by atoms with van der Waals surface area (Å²) in [5, 5.41) is 4.37. The predicted molar refractivity (Wildman–Crippen MR) is 152 cm³/mol. The molecular formula is C29H29N3O5S. The van der Waals surface area contributed by atoms with Gasteiger partial charge in [-0.15, -0.1) is 0 Å². The first-order chi connectivity index (χ1) is 18.4. The van der Waals surface area contributed by atoms with E-state index in [0.717, 1.165) is 28.0 Å². The number of carbonyl (C=O) groups is 1. The number of fused-ring (bicyclic) bond motifs is 1. The van der Waals surface area contributed by atoms with Crippen molar-refractivity contribution >= 4 is 39.9 Å². The predicted octanol–water partition coefficient (Wildman–Crippen LogP) is 5.12. The Hall–Kier alpha value is -4.37. The van der Waals surface area contributed by atoms with Gasteiger partial charge in [-0.25, -0.2) is 4.79 Å². The lowest BCUT2D eigenvalue weighted by atomic mass is 10.1. The molecule has 0 amide bonds. The second kappa shape index (κ2) is 12.2. The van der Waals surface area contributed by atoms with Gasteiger partial charge in [-0.1, -0.05) is 24.3 Å². The summed E-state index contributed by atoms with van der Waals surface area (Å²) in [5.74, 6) is 0.988. The van der Waals surface area contributed by atoms with Gasteiger partial charge in [-0.05, 0) is 73.2 Å². The van der Waals surface area contributed by atoms with Crippen molar-refractivity contribution in [3.63, 3.8) is 0 Å². The van der Waals surface area contributed by atoms with Crippen LogP contribution in [0.15, 0.2) is 77.6 Å². The summed E-state index contributed by atoms with van der Waals surface area (Å²) < 4.78 is 15.8. The molecule has 0 saturated carbocycles. The Morgan fingerprint density at radius 3 is 2.42 bits per heavy atom. The molecule has 4 rings (SSSR count). The minimum atomic E-state index is -0.478. The largest absolute Gasteiger partial charge is 0.497 e. The fourth-order valence-electron chi connectivity index (χ4n) is 4.03. The molecule has 0 aliphatic rings. The monoisotopic (exact) mass is 531 g/mol. The number of carbonyl (C=O) groups excluding carboxylic acids is 1. The summed E-state index contributed by atoms with van der Waals surface area (Å²) in [6.45, 7) is 3.10. The van der Waals surface area contributed by atoms with E-state index in [1.807, 2.05) is 60.4 Å². The Morgan fingerprint density at radius 1 is 0.974 bits per heavy atom. The van der Waals surface area contributed by atoms with Crippen LogP contribution in [0.3, 0.4) is 0 Å². The number of nitrogens with one attached hydrogen (secondary N) is 2. The van der Waals surface area contributed by atoms with Crippen molar-refractivity contribution in [3.8, 4) is 11.5 Å². The third-order valence-electron chi connectivity index (χ3n) is 5.96. The number of benzene rings is 3. The van der Waals surface area contributed by atoms with Crippen molar-refractivity contribution in [3.05, 3.63) is 99.8 Å². The van der Waals surface area contributed by atoms with Gasteiger partial charge in [0.2, 0.25) is 0 Å². The minimum Gasteiger partial charge on any atom is -0.497 e. The molecule has 196 valence electrons. The van der Waals surface area contributed by atoms with Crippen LogP contribution in [0, 0.1) is 0 Å². The van der Waals surface area contributed by atoms with Gasteiger partial charge >= 0.3 is 5.97 Å². The standard InChI is InChI=1S/C29H29N3O5S/c1-4-37-23-13-14-25-20(16-23)15-21(27(33)30-25)18-32(17-19-9-11-22(35-2)12-10-19)29(38)31-26-8-6-5-7-24(26)28(34)36-3/h5-16H,4,17-18H2,1-3H3,(H,30,33)(H,31,38). The van der Waals surface area contributed by atoms with Crippen molar-refractivity contribution in [2.75, 3.05) is 26.1 Å². The summed E-state index contributed by atoms with van der Waals surface area (Å²) in [4.78, 5) is 30.1. The molecular weight excluding hydrogens is 502 g/mol. The first-order valence-corrected chi connectivity index (χ1v) is 12.5. The maximum absolute atomic E-state index is 13.0. The number of aromatic amines is 1. The van der Waals surface area contributed by atoms with Gasteiger partial charge in [0, 0.05) is 23.0 Å². The average Bonchev–Trinajstić information content (AvgIpc) is 2.93. The minimum absolute atomic E-state index is 0.209. The van der Waals surface area contributed by atoms with E-state index in [2.05, 4.69) is 10.3 Å². The van der Waals surface area contributed by atoms with E-state index in [-0.39, 0.29) is 12.1 Å². The number of ether oxygens (including phenoxy) is 3. The lowest BCUT2D eigenvalue weighted by molar-refractivity contribution is 0.0602. The summed E-state index contributed by atoms with van der Waals surface area (Å²) >= 11 is 5.79. The maximum Gasteiger partial charge on any atom is 0.339 e. The van der Waals surface area contributed by atoms with Gasteiger partial charge in [-0.2, -0.15) is 0 Å². The second-order valence-corrected chi connectivity index (χ2v) is 8.86. The maximum atomic E-state index is 13.0. The Labute approximate surface area is 226 Å². The summed E-state index contributed by atoms with van der Waals surface area (Å²) in [7, 11) is 2.94. The highest BCUT2D eigenvalue weighted by atomic mass is 32.1. The van der Waals surface area contributed by atoms with Crippen LogP contribution >= 0.6 is 12.2 Å². The highest BCUT2D eigenvalue weighted by molar-refractivity contribution is 7.80. The number of thiocarbonyl (C=S) groups is 1. The number of aromatic nitrogens is 1. The van der Waals surface area contributed by atoms with E-state index in [9.17, 15) is 9.59 Å². The molecule has 0 saturated heterocycles. The number of H-pyrrole nitrogens is 1. The summed E-state index contributed by atoms with van der Waals surface area (Å²) in [5.41, 5.74) is 2.87. The third-order valence-corrected chi connectivity index (χ3v) is 6.32. The zero-order chi connectivity index (χ0) is 27.1. The van der Waals surface area contributed by atoms with Crippen LogP contribution in [0.25, 0.3) is 10.9 Å². The first kappa shape index (κ1) is 26.7. The molecule has 38 heavy (non-hydrogen) atoms. The Bertz CT molecular complexity index is 1500. The van der Waals surface area contributed by atoms with Crippen LogP contribution in [0.4, 0.5) is 5.69 Å². The number of methoxy groups -OCH3 is 2. The Morgan fingerprint density at radius 2 is 1.71 bits per heavy atom. The quantitative estimate of drug-likeness (QED) is 0.227. The molecule has 1 aromatic heterocycles.